The number of hydrogen-bond donors (Lipinski definition) is 2. The number of rotatable bonds is 10. The number of benzene rings is 2. The minimum Gasteiger partial charge on any atom is -0.494 e. The second-order valence-corrected chi connectivity index (χ2v) is 10.6. The van der Waals surface area contributed by atoms with Gasteiger partial charge < -0.3 is 10.1 Å². The number of nitrogens with one attached hydrogen (secondary N) is 2. The van der Waals surface area contributed by atoms with Crippen LogP contribution in [0, 0.1) is 0 Å². The van der Waals surface area contributed by atoms with Crippen LogP contribution in [-0.4, -0.2) is 27.0 Å². The fraction of sp³-hybridized carbons (Fsp3) is 0.458. The van der Waals surface area contributed by atoms with Crippen LogP contribution in [0.5, 0.6) is 5.75 Å². The Morgan fingerprint density at radius 3 is 2.35 bits per heavy atom. The molecule has 0 heterocycles. The highest BCUT2D eigenvalue weighted by atomic mass is 32.2. The standard InChI is InChI=1S/C24H34N2O4S/c1-18(2)26-31(28,29)22-9-6-8-19(16-22)17-25-23(27)10-7-15-30-21-13-11-20(12-14-21)24(3,4)5/h6,8-9,11-14,16,18,26H,7,10,15,17H2,1-5H3,(H,25,27). The average molecular weight is 447 g/mol. The van der Waals surface area contributed by atoms with Gasteiger partial charge in [-0.05, 0) is 61.1 Å². The van der Waals surface area contributed by atoms with Crippen LogP contribution in [0.2, 0.25) is 0 Å². The first-order chi connectivity index (χ1) is 14.5. The molecule has 2 aromatic carbocycles. The molecule has 0 aliphatic rings. The van der Waals surface area contributed by atoms with Crippen molar-refractivity contribution in [3.8, 4) is 5.75 Å². The van der Waals surface area contributed by atoms with Crippen LogP contribution in [0.3, 0.4) is 0 Å². The van der Waals surface area contributed by atoms with Crippen LogP contribution in [0.4, 0.5) is 0 Å². The van der Waals surface area contributed by atoms with Gasteiger partial charge >= 0.3 is 0 Å². The lowest BCUT2D eigenvalue weighted by Crippen LogP contribution is -2.30. The fourth-order valence-corrected chi connectivity index (χ4v) is 4.28. The Morgan fingerprint density at radius 1 is 1.06 bits per heavy atom. The molecule has 0 bridgehead atoms. The highest BCUT2D eigenvalue weighted by Gasteiger charge is 2.16. The molecular weight excluding hydrogens is 412 g/mol. The third-order valence-corrected chi connectivity index (χ3v) is 6.28. The van der Waals surface area contributed by atoms with Gasteiger partial charge in [0.1, 0.15) is 5.75 Å². The maximum Gasteiger partial charge on any atom is 0.240 e. The first-order valence-electron chi connectivity index (χ1n) is 10.6. The van der Waals surface area contributed by atoms with Crippen LogP contribution in [-0.2, 0) is 26.8 Å². The van der Waals surface area contributed by atoms with Gasteiger partial charge in [0, 0.05) is 19.0 Å². The molecule has 31 heavy (non-hydrogen) atoms. The highest BCUT2D eigenvalue weighted by Crippen LogP contribution is 2.24. The Labute approximate surface area is 186 Å². The molecule has 0 saturated carbocycles. The quantitative estimate of drug-likeness (QED) is 0.537. The van der Waals surface area contributed by atoms with E-state index >= 15 is 0 Å². The van der Waals surface area contributed by atoms with Gasteiger partial charge in [-0.1, -0.05) is 45.0 Å². The van der Waals surface area contributed by atoms with Crippen LogP contribution >= 0.6 is 0 Å². The summed E-state index contributed by atoms with van der Waals surface area (Å²) in [4.78, 5) is 12.3. The fourth-order valence-electron chi connectivity index (χ4n) is 2.96. The summed E-state index contributed by atoms with van der Waals surface area (Å²) in [5.74, 6) is 0.696. The molecule has 6 nitrogen and oxygen atoms in total. The van der Waals surface area contributed by atoms with Gasteiger partial charge in [-0.15, -0.1) is 0 Å². The van der Waals surface area contributed by atoms with Gasteiger partial charge in [-0.25, -0.2) is 13.1 Å². The predicted octanol–water partition coefficient (Wildman–Crippen LogP) is 4.15. The summed E-state index contributed by atoms with van der Waals surface area (Å²) in [6.07, 6.45) is 0.937. The zero-order chi connectivity index (χ0) is 23.1. The topological polar surface area (TPSA) is 84.5 Å². The molecule has 0 radical (unpaired) electrons. The molecular formula is C24H34N2O4S. The first kappa shape index (κ1) is 24.9. The van der Waals surface area contributed by atoms with Crippen molar-refractivity contribution >= 4 is 15.9 Å². The third kappa shape index (κ3) is 8.34. The SMILES string of the molecule is CC(C)NS(=O)(=O)c1cccc(CNC(=O)CCCOc2ccc(C(C)(C)C)cc2)c1. The molecule has 0 aliphatic carbocycles. The molecule has 2 aromatic rings. The van der Waals surface area contributed by atoms with E-state index in [1.165, 1.54) is 5.56 Å². The van der Waals surface area contributed by atoms with Crippen LogP contribution in [0.25, 0.3) is 0 Å². The lowest BCUT2D eigenvalue weighted by molar-refractivity contribution is -0.121. The first-order valence-corrected chi connectivity index (χ1v) is 12.1. The van der Waals surface area contributed by atoms with E-state index in [-0.39, 0.29) is 28.8 Å². The van der Waals surface area contributed by atoms with Gasteiger partial charge in [0.2, 0.25) is 15.9 Å². The molecule has 0 aliphatic heterocycles. The van der Waals surface area contributed by atoms with E-state index < -0.39 is 10.0 Å². The Kier molecular flexibility index (Phi) is 8.65. The minimum absolute atomic E-state index is 0.0970. The zero-order valence-corrected chi connectivity index (χ0v) is 19.9. The molecule has 1 amide bonds. The second kappa shape index (κ2) is 10.8. The minimum atomic E-state index is -3.55. The van der Waals surface area contributed by atoms with E-state index in [1.54, 1.807) is 38.1 Å². The van der Waals surface area contributed by atoms with Crippen molar-refractivity contribution in [2.24, 2.45) is 0 Å². The Morgan fingerprint density at radius 2 is 1.74 bits per heavy atom. The van der Waals surface area contributed by atoms with Gasteiger partial charge in [-0.2, -0.15) is 0 Å². The van der Waals surface area contributed by atoms with Crippen molar-refractivity contribution < 1.29 is 17.9 Å². The summed E-state index contributed by atoms with van der Waals surface area (Å²) in [5.41, 5.74) is 2.08. The summed E-state index contributed by atoms with van der Waals surface area (Å²) >= 11 is 0. The van der Waals surface area contributed by atoms with E-state index in [2.05, 4.69) is 42.9 Å². The maximum absolute atomic E-state index is 12.3. The van der Waals surface area contributed by atoms with Crippen molar-refractivity contribution in [1.29, 1.82) is 0 Å². The summed E-state index contributed by atoms with van der Waals surface area (Å²) in [6.45, 7) is 10.8. The van der Waals surface area contributed by atoms with Gasteiger partial charge in [0.05, 0.1) is 11.5 Å². The van der Waals surface area contributed by atoms with Gasteiger partial charge in [0.25, 0.3) is 0 Å². The molecule has 0 fully saturated rings. The lowest BCUT2D eigenvalue weighted by Gasteiger charge is -2.19. The Hall–Kier alpha value is -2.38. The Bertz CT molecular complexity index is 962. The maximum atomic E-state index is 12.3. The second-order valence-electron chi connectivity index (χ2n) is 8.93. The summed E-state index contributed by atoms with van der Waals surface area (Å²) in [6, 6.07) is 14.4. The summed E-state index contributed by atoms with van der Waals surface area (Å²) in [5, 5.41) is 2.83. The van der Waals surface area contributed by atoms with Gasteiger partial charge in [-0.3, -0.25) is 4.79 Å². The van der Waals surface area contributed by atoms with Crippen LogP contribution < -0.4 is 14.8 Å². The van der Waals surface area contributed by atoms with Crippen molar-refractivity contribution in [2.75, 3.05) is 6.61 Å². The predicted molar refractivity (Wildman–Crippen MR) is 124 cm³/mol. The Balaban J connectivity index is 1.76. The van der Waals surface area contributed by atoms with E-state index in [1.807, 2.05) is 12.1 Å². The number of carbonyl (C=O) groups is 1. The molecule has 170 valence electrons. The number of sulfonamides is 1. The van der Waals surface area contributed by atoms with E-state index in [0.29, 0.717) is 19.4 Å². The summed E-state index contributed by atoms with van der Waals surface area (Å²) in [7, 11) is -3.55. The lowest BCUT2D eigenvalue weighted by atomic mass is 9.87. The molecule has 0 saturated heterocycles. The molecule has 0 atom stereocenters. The number of ether oxygens (including phenoxy) is 1. The average Bonchev–Trinajstić information content (AvgIpc) is 2.69. The third-order valence-electron chi connectivity index (χ3n) is 4.63. The molecule has 7 heteroatoms. The van der Waals surface area contributed by atoms with Crippen molar-refractivity contribution in [3.63, 3.8) is 0 Å². The number of hydrogen-bond acceptors (Lipinski definition) is 4. The van der Waals surface area contributed by atoms with E-state index in [9.17, 15) is 13.2 Å². The van der Waals surface area contributed by atoms with Crippen LogP contribution in [0.1, 0.15) is 58.6 Å². The van der Waals surface area contributed by atoms with Gasteiger partial charge in [0.15, 0.2) is 0 Å². The van der Waals surface area contributed by atoms with Crippen molar-refractivity contribution in [1.82, 2.24) is 10.0 Å². The normalized spacial score (nSPS) is 12.1. The van der Waals surface area contributed by atoms with E-state index in [0.717, 1.165) is 11.3 Å². The number of carbonyl (C=O) groups excluding carboxylic acids is 1. The molecule has 2 N–H and O–H groups in total. The molecule has 0 aromatic heterocycles. The summed E-state index contributed by atoms with van der Waals surface area (Å²) < 4.78 is 32.8. The van der Waals surface area contributed by atoms with Crippen molar-refractivity contribution in [3.05, 3.63) is 59.7 Å². The molecule has 0 unspecified atom stereocenters. The monoisotopic (exact) mass is 446 g/mol. The molecule has 2 rings (SSSR count). The smallest absolute Gasteiger partial charge is 0.240 e. The van der Waals surface area contributed by atoms with Crippen molar-refractivity contribution in [2.45, 2.75) is 70.4 Å². The van der Waals surface area contributed by atoms with Crippen LogP contribution in [0.15, 0.2) is 53.4 Å². The largest absolute Gasteiger partial charge is 0.494 e. The molecule has 0 spiro atoms. The zero-order valence-electron chi connectivity index (χ0n) is 19.1. The van der Waals surface area contributed by atoms with E-state index in [4.69, 9.17) is 4.74 Å². The number of amides is 1. The highest BCUT2D eigenvalue weighted by molar-refractivity contribution is 7.89.